The average molecular weight is 246 g/mol. The lowest BCUT2D eigenvalue weighted by Gasteiger charge is -2.34. The third-order valence-corrected chi connectivity index (χ3v) is 4.23. The summed E-state index contributed by atoms with van der Waals surface area (Å²) < 4.78 is 5.11. The molecule has 0 fully saturated rings. The van der Waals surface area contributed by atoms with Gasteiger partial charge in [-0.2, -0.15) is 0 Å². The molecule has 1 aliphatic rings. The van der Waals surface area contributed by atoms with E-state index < -0.39 is 16.8 Å². The van der Waals surface area contributed by atoms with E-state index in [0.717, 1.165) is 5.56 Å². The molecular weight excluding hydrogens is 228 g/mol. The summed E-state index contributed by atoms with van der Waals surface area (Å²) in [4.78, 5) is 24.8. The van der Waals surface area contributed by atoms with E-state index in [-0.39, 0.29) is 12.4 Å². The molecule has 1 atom stereocenters. The third kappa shape index (κ3) is 1.36. The zero-order valence-electron chi connectivity index (χ0n) is 11.2. The van der Waals surface area contributed by atoms with Gasteiger partial charge < -0.3 is 4.74 Å². The molecule has 3 heteroatoms. The molecule has 0 bridgehead atoms. The predicted octanol–water partition coefficient (Wildman–Crippen LogP) is 2.73. The van der Waals surface area contributed by atoms with E-state index in [1.165, 1.54) is 0 Å². The van der Waals surface area contributed by atoms with E-state index in [1.807, 2.05) is 32.0 Å². The van der Waals surface area contributed by atoms with E-state index in [0.29, 0.717) is 5.56 Å². The maximum atomic E-state index is 12.5. The number of ether oxygens (including phenoxy) is 1. The number of hydrogen-bond acceptors (Lipinski definition) is 3. The second-order valence-corrected chi connectivity index (χ2v) is 5.35. The quantitative estimate of drug-likeness (QED) is 0.595. The van der Waals surface area contributed by atoms with Gasteiger partial charge in [0, 0.05) is 11.0 Å². The number of hydrogen-bond donors (Lipinski definition) is 0. The van der Waals surface area contributed by atoms with Crippen molar-refractivity contribution in [2.24, 2.45) is 5.41 Å². The zero-order valence-corrected chi connectivity index (χ0v) is 11.2. The van der Waals surface area contributed by atoms with Gasteiger partial charge in [-0.05, 0) is 19.4 Å². The van der Waals surface area contributed by atoms with Gasteiger partial charge in [-0.25, -0.2) is 0 Å². The van der Waals surface area contributed by atoms with Gasteiger partial charge in [-0.3, -0.25) is 9.59 Å². The normalized spacial score (nSPS) is 24.8. The standard InChI is InChI=1S/C15H18O3/c1-5-18-13(17)15(4)12(16)10-8-6-7-9-11(10)14(15,2)3/h6-9H,5H2,1-4H3. The summed E-state index contributed by atoms with van der Waals surface area (Å²) in [5, 5.41) is 0. The smallest absolute Gasteiger partial charge is 0.320 e. The molecule has 0 radical (unpaired) electrons. The van der Waals surface area contributed by atoms with E-state index in [1.54, 1.807) is 19.9 Å². The number of benzene rings is 1. The molecule has 1 aromatic rings. The number of carbonyl (C=O) groups is 2. The van der Waals surface area contributed by atoms with Crippen molar-refractivity contribution in [3.05, 3.63) is 35.4 Å². The molecule has 0 aliphatic heterocycles. The molecule has 0 spiro atoms. The van der Waals surface area contributed by atoms with Crippen LogP contribution in [0.25, 0.3) is 0 Å². The minimum atomic E-state index is -1.13. The van der Waals surface area contributed by atoms with Crippen molar-refractivity contribution < 1.29 is 14.3 Å². The summed E-state index contributed by atoms with van der Waals surface area (Å²) >= 11 is 0. The summed E-state index contributed by atoms with van der Waals surface area (Å²) in [7, 11) is 0. The van der Waals surface area contributed by atoms with Crippen LogP contribution in [-0.4, -0.2) is 18.4 Å². The number of fused-ring (bicyclic) bond motifs is 1. The van der Waals surface area contributed by atoms with Crippen molar-refractivity contribution in [1.29, 1.82) is 0 Å². The lowest BCUT2D eigenvalue weighted by atomic mass is 9.67. The highest BCUT2D eigenvalue weighted by molar-refractivity contribution is 6.17. The number of rotatable bonds is 2. The summed E-state index contributed by atoms with van der Waals surface area (Å²) in [6.45, 7) is 7.57. The van der Waals surface area contributed by atoms with Crippen LogP contribution in [0.15, 0.2) is 24.3 Å². The first-order valence-corrected chi connectivity index (χ1v) is 6.19. The highest BCUT2D eigenvalue weighted by Crippen LogP contribution is 2.51. The van der Waals surface area contributed by atoms with Crippen molar-refractivity contribution in [3.8, 4) is 0 Å². The van der Waals surface area contributed by atoms with E-state index in [4.69, 9.17) is 4.74 Å². The van der Waals surface area contributed by atoms with Gasteiger partial charge in [0.2, 0.25) is 0 Å². The second kappa shape index (κ2) is 3.94. The van der Waals surface area contributed by atoms with Crippen LogP contribution in [0, 0.1) is 5.41 Å². The fourth-order valence-electron chi connectivity index (χ4n) is 2.67. The van der Waals surface area contributed by atoms with Gasteiger partial charge in [0.1, 0.15) is 5.41 Å². The first-order chi connectivity index (χ1) is 8.37. The maximum Gasteiger partial charge on any atom is 0.320 e. The molecule has 0 N–H and O–H groups in total. The van der Waals surface area contributed by atoms with Gasteiger partial charge in [0.05, 0.1) is 6.61 Å². The maximum absolute atomic E-state index is 12.5. The van der Waals surface area contributed by atoms with Crippen molar-refractivity contribution in [3.63, 3.8) is 0 Å². The summed E-state index contributed by atoms with van der Waals surface area (Å²) in [6.07, 6.45) is 0. The monoisotopic (exact) mass is 246 g/mol. The molecule has 1 aromatic carbocycles. The molecule has 3 nitrogen and oxygen atoms in total. The number of carbonyl (C=O) groups excluding carboxylic acids is 2. The highest BCUT2D eigenvalue weighted by atomic mass is 16.5. The Morgan fingerprint density at radius 3 is 2.39 bits per heavy atom. The summed E-state index contributed by atoms with van der Waals surface area (Å²) in [5.74, 6) is -0.572. The fraction of sp³-hybridized carbons (Fsp3) is 0.467. The third-order valence-electron chi connectivity index (χ3n) is 4.23. The first-order valence-electron chi connectivity index (χ1n) is 6.19. The van der Waals surface area contributed by atoms with E-state index in [2.05, 4.69) is 0 Å². The Bertz CT molecular complexity index is 516. The van der Waals surface area contributed by atoms with Gasteiger partial charge >= 0.3 is 5.97 Å². The molecule has 1 unspecified atom stereocenters. The van der Waals surface area contributed by atoms with Crippen LogP contribution >= 0.6 is 0 Å². The van der Waals surface area contributed by atoms with Gasteiger partial charge in [0.25, 0.3) is 0 Å². The molecule has 2 rings (SSSR count). The zero-order chi connectivity index (χ0) is 13.6. The Kier molecular flexibility index (Phi) is 2.80. The molecule has 0 amide bonds. The fourth-order valence-corrected chi connectivity index (χ4v) is 2.67. The Morgan fingerprint density at radius 2 is 1.83 bits per heavy atom. The Hall–Kier alpha value is -1.64. The molecule has 0 heterocycles. The lowest BCUT2D eigenvalue weighted by Crippen LogP contribution is -2.46. The first kappa shape index (κ1) is 12.8. The topological polar surface area (TPSA) is 43.4 Å². The van der Waals surface area contributed by atoms with Crippen molar-refractivity contribution >= 4 is 11.8 Å². The average Bonchev–Trinajstić information content (AvgIpc) is 2.51. The number of ketones is 1. The van der Waals surface area contributed by atoms with Crippen LogP contribution in [0.2, 0.25) is 0 Å². The Labute approximate surface area is 107 Å². The van der Waals surface area contributed by atoms with Crippen molar-refractivity contribution in [2.75, 3.05) is 6.61 Å². The second-order valence-electron chi connectivity index (χ2n) is 5.35. The van der Waals surface area contributed by atoms with Crippen LogP contribution in [0.5, 0.6) is 0 Å². The van der Waals surface area contributed by atoms with Crippen LogP contribution in [0.4, 0.5) is 0 Å². The largest absolute Gasteiger partial charge is 0.465 e. The molecule has 0 aromatic heterocycles. The van der Waals surface area contributed by atoms with Crippen LogP contribution in [0.3, 0.4) is 0 Å². The van der Waals surface area contributed by atoms with Gasteiger partial charge in [-0.15, -0.1) is 0 Å². The molecule has 0 saturated carbocycles. The van der Waals surface area contributed by atoms with Crippen molar-refractivity contribution in [2.45, 2.75) is 33.1 Å². The molecule has 18 heavy (non-hydrogen) atoms. The van der Waals surface area contributed by atoms with Gasteiger partial charge in [-0.1, -0.05) is 38.1 Å². The Morgan fingerprint density at radius 1 is 1.22 bits per heavy atom. The SMILES string of the molecule is CCOC(=O)C1(C)C(=O)c2ccccc2C1(C)C. The molecule has 96 valence electrons. The van der Waals surface area contributed by atoms with Crippen molar-refractivity contribution in [1.82, 2.24) is 0 Å². The minimum Gasteiger partial charge on any atom is -0.465 e. The van der Waals surface area contributed by atoms with E-state index in [9.17, 15) is 9.59 Å². The number of esters is 1. The highest BCUT2D eigenvalue weighted by Gasteiger charge is 2.60. The Balaban J connectivity index is 2.60. The number of Topliss-reactive ketones (excluding diaryl/α,β-unsaturated/α-hetero) is 1. The van der Waals surface area contributed by atoms with Crippen LogP contribution in [-0.2, 0) is 14.9 Å². The predicted molar refractivity (Wildman–Crippen MR) is 68.5 cm³/mol. The molecular formula is C15H18O3. The summed E-state index contributed by atoms with van der Waals surface area (Å²) in [6, 6.07) is 7.41. The molecule has 0 saturated heterocycles. The molecule has 1 aliphatic carbocycles. The summed E-state index contributed by atoms with van der Waals surface area (Å²) in [5.41, 5.74) is -0.122. The lowest BCUT2D eigenvalue weighted by molar-refractivity contribution is -0.154. The van der Waals surface area contributed by atoms with Crippen LogP contribution in [0.1, 0.15) is 43.6 Å². The van der Waals surface area contributed by atoms with E-state index >= 15 is 0 Å². The van der Waals surface area contributed by atoms with Crippen LogP contribution < -0.4 is 0 Å². The van der Waals surface area contributed by atoms with Gasteiger partial charge in [0.15, 0.2) is 5.78 Å². The minimum absolute atomic E-state index is 0.137.